The van der Waals surface area contributed by atoms with Crippen LogP contribution in [0.1, 0.15) is 18.4 Å². The minimum atomic E-state index is 0.452. The van der Waals surface area contributed by atoms with Crippen molar-refractivity contribution in [2.45, 2.75) is 25.8 Å². The number of fused-ring (bicyclic) bond motifs is 1. The number of benzene rings is 1. The van der Waals surface area contributed by atoms with Crippen molar-refractivity contribution in [2.75, 3.05) is 37.0 Å². The molecule has 0 atom stereocenters. The predicted octanol–water partition coefficient (Wildman–Crippen LogP) is 3.45. The second kappa shape index (κ2) is 7.39. The average Bonchev–Trinajstić information content (AvgIpc) is 2.73. The molecule has 2 aromatic heterocycles. The number of piperidine rings is 1. The highest BCUT2D eigenvalue weighted by Gasteiger charge is 2.24. The smallest absolute Gasteiger partial charge is 0.225 e. The molecule has 0 spiro atoms. The molecular formula is C21H25N5O. The Bertz CT molecular complexity index is 920. The number of hydrogen-bond donors (Lipinski definition) is 0. The molecule has 0 aliphatic carbocycles. The van der Waals surface area contributed by atoms with Crippen molar-refractivity contribution in [1.29, 1.82) is 0 Å². The van der Waals surface area contributed by atoms with Crippen LogP contribution in [0.4, 0.5) is 11.8 Å². The molecule has 0 N–H and O–H groups in total. The van der Waals surface area contributed by atoms with Crippen LogP contribution in [0.3, 0.4) is 0 Å². The van der Waals surface area contributed by atoms with Gasteiger partial charge >= 0.3 is 0 Å². The van der Waals surface area contributed by atoms with Gasteiger partial charge < -0.3 is 14.5 Å². The van der Waals surface area contributed by atoms with Crippen molar-refractivity contribution in [3.63, 3.8) is 0 Å². The van der Waals surface area contributed by atoms with Gasteiger partial charge in [0.25, 0.3) is 0 Å². The third-order valence-electron chi connectivity index (χ3n) is 5.30. The lowest BCUT2D eigenvalue weighted by Crippen LogP contribution is -2.44. The van der Waals surface area contributed by atoms with E-state index in [0.29, 0.717) is 6.04 Å². The zero-order valence-corrected chi connectivity index (χ0v) is 16.1. The van der Waals surface area contributed by atoms with Crippen molar-refractivity contribution in [2.24, 2.45) is 0 Å². The highest BCUT2D eigenvalue weighted by atomic mass is 16.5. The summed E-state index contributed by atoms with van der Waals surface area (Å²) >= 11 is 0. The first-order valence-electron chi connectivity index (χ1n) is 9.35. The molecule has 140 valence electrons. The van der Waals surface area contributed by atoms with Gasteiger partial charge in [-0.05, 0) is 55.7 Å². The molecule has 1 fully saturated rings. The average molecular weight is 363 g/mol. The van der Waals surface area contributed by atoms with Crippen LogP contribution in [0.15, 0.2) is 42.7 Å². The van der Waals surface area contributed by atoms with Crippen LogP contribution in [0.25, 0.3) is 10.9 Å². The molecule has 3 aromatic rings. The third kappa shape index (κ3) is 3.65. The normalized spacial score (nSPS) is 15.1. The van der Waals surface area contributed by atoms with Crippen molar-refractivity contribution in [3.8, 4) is 5.75 Å². The number of anilines is 2. The van der Waals surface area contributed by atoms with Crippen molar-refractivity contribution >= 4 is 22.7 Å². The monoisotopic (exact) mass is 363 g/mol. The molecule has 3 heterocycles. The summed E-state index contributed by atoms with van der Waals surface area (Å²) in [4.78, 5) is 18.3. The number of rotatable bonds is 4. The zero-order valence-electron chi connectivity index (χ0n) is 16.1. The SMILES string of the molecule is COc1ccc2nc(N3CCC(N(C)c4ncc(C)cn4)CC3)ccc2c1. The van der Waals surface area contributed by atoms with E-state index in [2.05, 4.69) is 38.9 Å². The van der Waals surface area contributed by atoms with Crippen molar-refractivity contribution in [1.82, 2.24) is 15.0 Å². The first-order chi connectivity index (χ1) is 13.1. The summed E-state index contributed by atoms with van der Waals surface area (Å²) in [7, 11) is 3.78. The molecule has 0 unspecified atom stereocenters. The van der Waals surface area contributed by atoms with Gasteiger partial charge in [-0.25, -0.2) is 15.0 Å². The molecule has 1 saturated heterocycles. The van der Waals surface area contributed by atoms with E-state index in [1.165, 1.54) is 0 Å². The van der Waals surface area contributed by atoms with Gasteiger partial charge in [-0.1, -0.05) is 0 Å². The third-order valence-corrected chi connectivity index (χ3v) is 5.30. The summed E-state index contributed by atoms with van der Waals surface area (Å²) in [5, 5.41) is 1.10. The van der Waals surface area contributed by atoms with Gasteiger partial charge in [-0.15, -0.1) is 0 Å². The summed E-state index contributed by atoms with van der Waals surface area (Å²) in [6.07, 6.45) is 5.88. The number of methoxy groups -OCH3 is 1. The van der Waals surface area contributed by atoms with Crippen LogP contribution in [-0.4, -0.2) is 48.2 Å². The van der Waals surface area contributed by atoms with E-state index in [0.717, 1.165) is 59.9 Å². The largest absolute Gasteiger partial charge is 0.497 e. The fourth-order valence-corrected chi connectivity index (χ4v) is 3.61. The summed E-state index contributed by atoms with van der Waals surface area (Å²) in [5.74, 6) is 2.71. The lowest BCUT2D eigenvalue weighted by molar-refractivity contribution is 0.415. The first kappa shape index (κ1) is 17.5. The number of aryl methyl sites for hydroxylation is 1. The first-order valence-corrected chi connectivity index (χ1v) is 9.35. The predicted molar refractivity (Wildman–Crippen MR) is 109 cm³/mol. The number of aromatic nitrogens is 3. The number of hydrogen-bond acceptors (Lipinski definition) is 6. The maximum atomic E-state index is 5.29. The number of pyridine rings is 1. The minimum Gasteiger partial charge on any atom is -0.497 e. The van der Waals surface area contributed by atoms with Gasteiger partial charge in [-0.2, -0.15) is 0 Å². The van der Waals surface area contributed by atoms with E-state index in [-0.39, 0.29) is 0 Å². The number of nitrogens with zero attached hydrogens (tertiary/aromatic N) is 5. The lowest BCUT2D eigenvalue weighted by Gasteiger charge is -2.37. The molecule has 1 aliphatic rings. The molecule has 0 bridgehead atoms. The minimum absolute atomic E-state index is 0.452. The quantitative estimate of drug-likeness (QED) is 0.708. The van der Waals surface area contributed by atoms with E-state index >= 15 is 0 Å². The van der Waals surface area contributed by atoms with Gasteiger partial charge in [-0.3, -0.25) is 0 Å². The second-order valence-electron chi connectivity index (χ2n) is 7.12. The van der Waals surface area contributed by atoms with Gasteiger partial charge in [0.1, 0.15) is 11.6 Å². The molecule has 6 nitrogen and oxygen atoms in total. The Morgan fingerprint density at radius 2 is 1.81 bits per heavy atom. The van der Waals surface area contributed by atoms with Gasteiger partial charge in [0.2, 0.25) is 5.95 Å². The Labute approximate surface area is 159 Å². The Kier molecular flexibility index (Phi) is 4.79. The van der Waals surface area contributed by atoms with Crippen LogP contribution in [0, 0.1) is 6.92 Å². The summed E-state index contributed by atoms with van der Waals surface area (Å²) in [5.41, 5.74) is 2.09. The lowest BCUT2D eigenvalue weighted by atomic mass is 10.0. The molecule has 6 heteroatoms. The van der Waals surface area contributed by atoms with Crippen LogP contribution >= 0.6 is 0 Å². The maximum Gasteiger partial charge on any atom is 0.225 e. The molecule has 1 aromatic carbocycles. The van der Waals surface area contributed by atoms with E-state index in [1.54, 1.807) is 7.11 Å². The van der Waals surface area contributed by atoms with E-state index in [4.69, 9.17) is 9.72 Å². The fraction of sp³-hybridized carbons (Fsp3) is 0.381. The molecule has 0 saturated carbocycles. The second-order valence-corrected chi connectivity index (χ2v) is 7.12. The summed E-state index contributed by atoms with van der Waals surface area (Å²) in [6.45, 7) is 3.97. The van der Waals surface area contributed by atoms with Crippen molar-refractivity contribution in [3.05, 3.63) is 48.3 Å². The highest BCUT2D eigenvalue weighted by molar-refractivity contribution is 5.81. The molecule has 0 radical (unpaired) electrons. The Balaban J connectivity index is 1.44. The standard InChI is InChI=1S/C21H25N5O/c1-15-13-22-21(23-14-15)25(2)17-8-10-26(11-9-17)20-7-4-16-12-18(27-3)5-6-19(16)24-20/h4-7,12-14,17H,8-11H2,1-3H3. The van der Waals surface area contributed by atoms with Gasteiger partial charge in [0, 0.05) is 44.0 Å². The Hall–Kier alpha value is -2.89. The Morgan fingerprint density at radius 1 is 1.07 bits per heavy atom. The Morgan fingerprint density at radius 3 is 2.52 bits per heavy atom. The fourth-order valence-electron chi connectivity index (χ4n) is 3.61. The molecule has 1 aliphatic heterocycles. The zero-order chi connectivity index (χ0) is 18.8. The van der Waals surface area contributed by atoms with E-state index in [1.807, 2.05) is 37.5 Å². The van der Waals surface area contributed by atoms with Crippen LogP contribution in [0.2, 0.25) is 0 Å². The highest BCUT2D eigenvalue weighted by Crippen LogP contribution is 2.26. The maximum absolute atomic E-state index is 5.29. The molecule has 27 heavy (non-hydrogen) atoms. The molecule has 0 amide bonds. The molecule has 4 rings (SSSR count). The van der Waals surface area contributed by atoms with Crippen molar-refractivity contribution < 1.29 is 4.74 Å². The topological polar surface area (TPSA) is 54.4 Å². The van der Waals surface area contributed by atoms with E-state index in [9.17, 15) is 0 Å². The van der Waals surface area contributed by atoms with Gasteiger partial charge in [0.15, 0.2) is 0 Å². The van der Waals surface area contributed by atoms with Crippen LogP contribution in [0.5, 0.6) is 5.75 Å². The molecular weight excluding hydrogens is 338 g/mol. The van der Waals surface area contributed by atoms with E-state index < -0.39 is 0 Å². The number of ether oxygens (including phenoxy) is 1. The summed E-state index contributed by atoms with van der Waals surface area (Å²) in [6, 6.07) is 10.7. The van der Waals surface area contributed by atoms with Crippen LogP contribution in [-0.2, 0) is 0 Å². The summed E-state index contributed by atoms with van der Waals surface area (Å²) < 4.78 is 5.29. The van der Waals surface area contributed by atoms with Gasteiger partial charge in [0.05, 0.1) is 12.6 Å². The van der Waals surface area contributed by atoms with Crippen LogP contribution < -0.4 is 14.5 Å².